The molecule has 90 valence electrons. The lowest BCUT2D eigenvalue weighted by atomic mass is 10.1. The lowest BCUT2D eigenvalue weighted by Crippen LogP contribution is -2.38. The predicted octanol–water partition coefficient (Wildman–Crippen LogP) is 1.52. The summed E-state index contributed by atoms with van der Waals surface area (Å²) in [7, 11) is 0. The average molecular weight is 231 g/mol. The van der Waals surface area contributed by atoms with Gasteiger partial charge in [0.2, 0.25) is 0 Å². The molecule has 0 amide bonds. The summed E-state index contributed by atoms with van der Waals surface area (Å²) in [5.74, 6) is -0.549. The summed E-state index contributed by atoms with van der Waals surface area (Å²) < 4.78 is 44.4. The van der Waals surface area contributed by atoms with Gasteiger partial charge in [0, 0.05) is 26.4 Å². The van der Waals surface area contributed by atoms with Crippen LogP contribution in [0.3, 0.4) is 0 Å². The zero-order valence-corrected chi connectivity index (χ0v) is 8.86. The summed E-state index contributed by atoms with van der Waals surface area (Å²) in [5, 5.41) is 31.1. The topological polar surface area (TPSA) is 72.7 Å². The summed E-state index contributed by atoms with van der Waals surface area (Å²) >= 11 is 0. The number of β-amino-alcohol motifs (C(OH)–C–C–N with tert-alkyl or cyclic N) is 1. The minimum Gasteiger partial charge on any atom is -0.508 e. The Balaban J connectivity index is 2.94. The molecule has 0 radical (unpaired) electrons. The Morgan fingerprint density at radius 3 is 2.38 bits per heavy atom. The fraction of sp³-hybridized carbons (Fsp3) is 0.500. The number of aliphatic hydroxyl groups excluding tert-OH is 1. The van der Waals surface area contributed by atoms with E-state index in [9.17, 15) is 15.3 Å². The van der Waals surface area contributed by atoms with E-state index in [0.717, 1.165) is 13.0 Å². The van der Waals surface area contributed by atoms with Crippen LogP contribution in [-0.4, -0.2) is 27.4 Å². The number of hydrogen-bond acceptors (Lipinski definition) is 4. The van der Waals surface area contributed by atoms with E-state index in [1.54, 1.807) is 0 Å². The molecule has 1 atom stereocenters. The molecule has 16 heavy (non-hydrogen) atoms. The highest BCUT2D eigenvalue weighted by Crippen LogP contribution is 2.24. The van der Waals surface area contributed by atoms with Crippen LogP contribution >= 0.6 is 0 Å². The summed E-state index contributed by atoms with van der Waals surface area (Å²) in [4.78, 5) is 0. The molecule has 0 saturated heterocycles. The van der Waals surface area contributed by atoms with Gasteiger partial charge >= 0.3 is 0 Å². The molecule has 0 aliphatic carbocycles. The van der Waals surface area contributed by atoms with Crippen molar-refractivity contribution < 1.29 is 23.5 Å². The van der Waals surface area contributed by atoms with E-state index in [0.29, 0.717) is 0 Å². The molecule has 0 aromatic heterocycles. The van der Waals surface area contributed by atoms with Crippen LogP contribution in [0.1, 0.15) is 40.5 Å². The summed E-state index contributed by atoms with van der Waals surface area (Å²) in [6.07, 6.45) is -1.30. The van der Waals surface area contributed by atoms with Crippen molar-refractivity contribution in [3.8, 4) is 11.5 Å². The highest BCUT2D eigenvalue weighted by Gasteiger charge is 2.14. The number of benzene rings is 1. The molecular weight excluding hydrogens is 206 g/mol. The first kappa shape index (κ1) is 6.47. The second-order valence-corrected chi connectivity index (χ2v) is 3.80. The van der Waals surface area contributed by atoms with Crippen LogP contribution in [0.15, 0.2) is 18.2 Å². The molecule has 0 heterocycles. The molecular formula is C12H19NO3. The Hall–Kier alpha value is -1.26. The highest BCUT2D eigenvalue weighted by atomic mass is 16.3. The van der Waals surface area contributed by atoms with E-state index in [2.05, 4.69) is 5.32 Å². The van der Waals surface area contributed by atoms with E-state index in [-0.39, 0.29) is 23.6 Å². The predicted molar refractivity (Wildman–Crippen MR) is 62.5 cm³/mol. The van der Waals surface area contributed by atoms with E-state index in [4.69, 9.17) is 8.22 Å². The minimum absolute atomic E-state index is 0.128. The lowest BCUT2D eigenvalue weighted by Gasteiger charge is -2.23. The fourth-order valence-electron chi connectivity index (χ4n) is 1.23. The highest BCUT2D eigenvalue weighted by molar-refractivity contribution is 5.37. The largest absolute Gasteiger partial charge is 0.508 e. The summed E-state index contributed by atoms with van der Waals surface area (Å²) in [6, 6.07) is 3.45. The Kier molecular flexibility index (Phi) is 1.91. The molecule has 4 heteroatoms. The van der Waals surface area contributed by atoms with Crippen molar-refractivity contribution in [3.63, 3.8) is 0 Å². The van der Waals surface area contributed by atoms with Crippen molar-refractivity contribution in [3.05, 3.63) is 23.8 Å². The van der Waals surface area contributed by atoms with Gasteiger partial charge < -0.3 is 20.6 Å². The number of aliphatic hydroxyl groups is 1. The Morgan fingerprint density at radius 1 is 1.31 bits per heavy atom. The van der Waals surface area contributed by atoms with Crippen LogP contribution in [0.5, 0.6) is 11.5 Å². The van der Waals surface area contributed by atoms with Crippen LogP contribution in [0.25, 0.3) is 0 Å². The third kappa shape index (κ3) is 4.08. The molecule has 4 nitrogen and oxygen atoms in total. The third-order valence-electron chi connectivity index (χ3n) is 1.96. The van der Waals surface area contributed by atoms with Crippen molar-refractivity contribution in [2.24, 2.45) is 0 Å². The molecule has 0 bridgehead atoms. The van der Waals surface area contributed by atoms with Crippen LogP contribution < -0.4 is 5.32 Å². The maximum absolute atomic E-state index is 10.0. The standard InChI is InChI=1S/C12H19NO3/c1-12(2,3)13-7-11(16)8-4-9(14)6-10(15)5-8/h4-6,11,13-16H,7H2,1-3H3/i1D3,2D3. The molecule has 1 unspecified atom stereocenters. The van der Waals surface area contributed by atoms with Crippen molar-refractivity contribution in [1.29, 1.82) is 0 Å². The fourth-order valence-corrected chi connectivity index (χ4v) is 1.23. The smallest absolute Gasteiger partial charge is 0.119 e. The number of phenols is 2. The third-order valence-corrected chi connectivity index (χ3v) is 1.96. The molecule has 0 aliphatic rings. The summed E-state index contributed by atoms with van der Waals surface area (Å²) in [5.41, 5.74) is -2.08. The quantitative estimate of drug-likeness (QED) is 0.636. The lowest BCUT2D eigenvalue weighted by molar-refractivity contribution is 0.162. The molecule has 4 N–H and O–H groups in total. The van der Waals surface area contributed by atoms with Crippen molar-refractivity contribution >= 4 is 0 Å². The van der Waals surface area contributed by atoms with Crippen LogP contribution in [0.4, 0.5) is 0 Å². The first-order chi connectivity index (χ1) is 9.78. The molecule has 0 aliphatic heterocycles. The van der Waals surface area contributed by atoms with Crippen LogP contribution in [0.2, 0.25) is 0 Å². The van der Waals surface area contributed by atoms with E-state index in [1.807, 2.05) is 0 Å². The zero-order chi connectivity index (χ0) is 17.3. The van der Waals surface area contributed by atoms with Gasteiger partial charge in [-0.2, -0.15) is 0 Å². The van der Waals surface area contributed by atoms with Crippen LogP contribution in [0, 0.1) is 0 Å². The van der Waals surface area contributed by atoms with Crippen molar-refractivity contribution in [1.82, 2.24) is 5.32 Å². The zero-order valence-electron chi connectivity index (χ0n) is 14.9. The SMILES string of the molecule is [2H]C([2H])([2H])C(C)(NCC(O)c1cc(O)cc(O)c1)C([2H])([2H])[2H]. The monoisotopic (exact) mass is 231 g/mol. The van der Waals surface area contributed by atoms with Gasteiger partial charge in [-0.15, -0.1) is 0 Å². The van der Waals surface area contributed by atoms with Gasteiger partial charge in [-0.25, -0.2) is 0 Å². The van der Waals surface area contributed by atoms with E-state index >= 15 is 0 Å². The normalized spacial score (nSPS) is 20.9. The molecule has 1 aromatic rings. The van der Waals surface area contributed by atoms with Gasteiger partial charge in [-0.3, -0.25) is 0 Å². The molecule has 0 saturated carbocycles. The van der Waals surface area contributed by atoms with Gasteiger partial charge in [0.05, 0.1) is 6.10 Å². The Morgan fingerprint density at radius 2 is 1.88 bits per heavy atom. The molecule has 0 spiro atoms. The molecule has 0 fully saturated rings. The first-order valence-electron chi connectivity index (χ1n) is 7.74. The summed E-state index contributed by atoms with van der Waals surface area (Å²) in [6.45, 7) is -4.98. The number of hydrogen-bond donors (Lipinski definition) is 4. The van der Waals surface area contributed by atoms with Gasteiger partial charge in [-0.05, 0) is 38.3 Å². The number of rotatable bonds is 3. The second kappa shape index (κ2) is 4.72. The van der Waals surface area contributed by atoms with Crippen molar-refractivity contribution in [2.75, 3.05) is 6.54 Å². The maximum atomic E-state index is 10.0. The Labute approximate surface area is 104 Å². The Bertz CT molecular complexity index is 494. The van der Waals surface area contributed by atoms with Crippen LogP contribution in [-0.2, 0) is 0 Å². The van der Waals surface area contributed by atoms with Gasteiger partial charge in [-0.1, -0.05) is 0 Å². The number of aromatic hydroxyl groups is 2. The second-order valence-electron chi connectivity index (χ2n) is 3.80. The van der Waals surface area contributed by atoms with E-state index in [1.165, 1.54) is 12.1 Å². The van der Waals surface area contributed by atoms with E-state index < -0.39 is 25.3 Å². The van der Waals surface area contributed by atoms with Gasteiger partial charge in [0.1, 0.15) is 11.5 Å². The number of phenolic OH excluding ortho intramolecular Hbond substituents is 2. The van der Waals surface area contributed by atoms with Gasteiger partial charge in [0.25, 0.3) is 0 Å². The first-order valence-corrected chi connectivity index (χ1v) is 4.74. The van der Waals surface area contributed by atoms with Crippen molar-refractivity contribution in [2.45, 2.75) is 32.3 Å². The number of nitrogens with one attached hydrogen (secondary N) is 1. The molecule has 1 aromatic carbocycles. The minimum atomic E-state index is -2.82. The van der Waals surface area contributed by atoms with Gasteiger partial charge in [0.15, 0.2) is 0 Å². The maximum Gasteiger partial charge on any atom is 0.119 e. The molecule has 1 rings (SSSR count). The average Bonchev–Trinajstić information content (AvgIpc) is 2.31.